The second kappa shape index (κ2) is 3.11. The molecule has 0 atom stereocenters. The quantitative estimate of drug-likeness (QED) is 0.506. The molecule has 0 saturated heterocycles. The molecular weight excluding hydrogens is 213 g/mol. The van der Waals surface area contributed by atoms with Gasteiger partial charge in [-0.1, -0.05) is 24.3 Å². The summed E-state index contributed by atoms with van der Waals surface area (Å²) in [5.74, 6) is -3.68. The molecule has 1 aliphatic carbocycles. The lowest BCUT2D eigenvalue weighted by atomic mass is 10.1. The number of benzene rings is 2. The average Bonchev–Trinajstić information content (AvgIpc) is 2.65. The standard InChI is InChI=1S/C13H6F3/c14-11-6-9-8-4-2-1-3-7(8)5-10(9)12(15)13(11)16/h1-6H. The van der Waals surface area contributed by atoms with E-state index in [1.165, 1.54) is 6.42 Å². The van der Waals surface area contributed by atoms with Crippen LogP contribution in [0.15, 0.2) is 30.3 Å². The Morgan fingerprint density at radius 3 is 2.38 bits per heavy atom. The highest BCUT2D eigenvalue weighted by atomic mass is 19.2. The molecule has 2 aromatic rings. The van der Waals surface area contributed by atoms with Crippen LogP contribution in [0.5, 0.6) is 0 Å². The zero-order valence-corrected chi connectivity index (χ0v) is 8.10. The Bertz CT molecular complexity index is 588. The Morgan fingerprint density at radius 2 is 1.56 bits per heavy atom. The minimum Gasteiger partial charge on any atom is -0.204 e. The normalized spacial score (nSPS) is 12.4. The molecule has 0 nitrogen and oxygen atoms in total. The van der Waals surface area contributed by atoms with Gasteiger partial charge >= 0.3 is 0 Å². The summed E-state index contributed by atoms with van der Waals surface area (Å²) in [5, 5.41) is 0. The molecule has 3 rings (SSSR count). The molecule has 16 heavy (non-hydrogen) atoms. The summed E-state index contributed by atoms with van der Waals surface area (Å²) < 4.78 is 39.6. The van der Waals surface area contributed by atoms with Crippen LogP contribution in [-0.4, -0.2) is 0 Å². The average molecular weight is 219 g/mol. The zero-order chi connectivity index (χ0) is 11.3. The van der Waals surface area contributed by atoms with Gasteiger partial charge in [0, 0.05) is 12.0 Å². The van der Waals surface area contributed by atoms with Crippen molar-refractivity contribution in [2.45, 2.75) is 0 Å². The molecule has 0 aromatic heterocycles. The van der Waals surface area contributed by atoms with Gasteiger partial charge in [0.1, 0.15) is 0 Å². The molecule has 0 fully saturated rings. The highest BCUT2D eigenvalue weighted by molar-refractivity contribution is 5.81. The van der Waals surface area contributed by atoms with Crippen LogP contribution in [0.4, 0.5) is 13.2 Å². The van der Waals surface area contributed by atoms with Gasteiger partial charge in [0.05, 0.1) is 0 Å². The smallest absolute Gasteiger partial charge is 0.194 e. The van der Waals surface area contributed by atoms with Crippen molar-refractivity contribution >= 4 is 0 Å². The maximum atomic E-state index is 13.5. The Labute approximate surface area is 90.3 Å². The van der Waals surface area contributed by atoms with E-state index in [2.05, 4.69) is 0 Å². The lowest BCUT2D eigenvalue weighted by Crippen LogP contribution is -1.95. The van der Waals surface area contributed by atoms with Crippen molar-refractivity contribution in [2.75, 3.05) is 0 Å². The topological polar surface area (TPSA) is 0 Å². The number of fused-ring (bicyclic) bond motifs is 3. The molecule has 3 heteroatoms. The van der Waals surface area contributed by atoms with Crippen LogP contribution in [-0.2, 0) is 0 Å². The summed E-state index contributed by atoms with van der Waals surface area (Å²) in [6, 6.07) is 8.15. The van der Waals surface area contributed by atoms with Crippen molar-refractivity contribution < 1.29 is 13.2 Å². The predicted octanol–water partition coefficient (Wildman–Crippen LogP) is 3.68. The van der Waals surface area contributed by atoms with E-state index in [9.17, 15) is 13.2 Å². The first-order chi connectivity index (χ1) is 7.68. The first-order valence-electron chi connectivity index (χ1n) is 4.80. The van der Waals surface area contributed by atoms with Gasteiger partial charge in [0.2, 0.25) is 0 Å². The fraction of sp³-hybridized carbons (Fsp3) is 0. The van der Waals surface area contributed by atoms with Gasteiger partial charge in [-0.2, -0.15) is 0 Å². The lowest BCUT2D eigenvalue weighted by molar-refractivity contribution is 0.445. The third-order valence-electron chi connectivity index (χ3n) is 2.75. The van der Waals surface area contributed by atoms with Crippen molar-refractivity contribution in [1.29, 1.82) is 0 Å². The number of halogens is 3. The van der Waals surface area contributed by atoms with Crippen molar-refractivity contribution in [2.24, 2.45) is 0 Å². The Hall–Kier alpha value is -1.77. The van der Waals surface area contributed by atoms with Crippen LogP contribution in [0.3, 0.4) is 0 Å². The van der Waals surface area contributed by atoms with Gasteiger partial charge in [0.15, 0.2) is 17.5 Å². The minimum atomic E-state index is -1.41. The predicted molar refractivity (Wildman–Crippen MR) is 54.3 cm³/mol. The maximum Gasteiger partial charge on any atom is 0.194 e. The van der Waals surface area contributed by atoms with E-state index in [1.807, 2.05) is 0 Å². The van der Waals surface area contributed by atoms with E-state index in [0.717, 1.165) is 17.2 Å². The first kappa shape index (κ1) is 9.46. The van der Waals surface area contributed by atoms with E-state index in [4.69, 9.17) is 0 Å². The van der Waals surface area contributed by atoms with Crippen molar-refractivity contribution in [3.05, 3.63) is 65.3 Å². The van der Waals surface area contributed by atoms with E-state index in [-0.39, 0.29) is 5.56 Å². The molecule has 0 aliphatic heterocycles. The van der Waals surface area contributed by atoms with E-state index in [1.54, 1.807) is 24.3 Å². The number of rotatable bonds is 0. The first-order valence-corrected chi connectivity index (χ1v) is 4.80. The van der Waals surface area contributed by atoms with Gasteiger partial charge in [-0.3, -0.25) is 0 Å². The summed E-state index contributed by atoms with van der Waals surface area (Å²) in [4.78, 5) is 0. The Balaban J connectivity index is 2.34. The lowest BCUT2D eigenvalue weighted by Gasteiger charge is -2.03. The molecule has 79 valence electrons. The second-order valence-electron chi connectivity index (χ2n) is 3.68. The number of hydrogen-bond acceptors (Lipinski definition) is 0. The summed E-state index contributed by atoms with van der Waals surface area (Å²) in [7, 11) is 0. The van der Waals surface area contributed by atoms with Gasteiger partial charge in [-0.15, -0.1) is 0 Å². The van der Waals surface area contributed by atoms with Gasteiger partial charge in [-0.25, -0.2) is 13.2 Å². The molecular formula is C13H6F3. The van der Waals surface area contributed by atoms with Crippen LogP contribution in [0.1, 0.15) is 11.1 Å². The number of hydrogen-bond donors (Lipinski definition) is 0. The van der Waals surface area contributed by atoms with Crippen LogP contribution in [0.25, 0.3) is 11.1 Å². The summed E-state index contributed by atoms with van der Waals surface area (Å²) in [5.41, 5.74) is 2.05. The highest BCUT2D eigenvalue weighted by Gasteiger charge is 2.26. The monoisotopic (exact) mass is 219 g/mol. The van der Waals surface area contributed by atoms with Gasteiger partial charge < -0.3 is 0 Å². The second-order valence-corrected chi connectivity index (χ2v) is 3.68. The summed E-state index contributed by atoms with van der Waals surface area (Å²) >= 11 is 0. The zero-order valence-electron chi connectivity index (χ0n) is 8.10. The molecule has 0 N–H and O–H groups in total. The largest absolute Gasteiger partial charge is 0.204 e. The molecule has 0 heterocycles. The third-order valence-corrected chi connectivity index (χ3v) is 2.75. The van der Waals surface area contributed by atoms with Crippen molar-refractivity contribution in [1.82, 2.24) is 0 Å². The van der Waals surface area contributed by atoms with Crippen molar-refractivity contribution in [3.8, 4) is 11.1 Å². The molecule has 1 radical (unpaired) electrons. The van der Waals surface area contributed by atoms with E-state index >= 15 is 0 Å². The maximum absolute atomic E-state index is 13.5. The Morgan fingerprint density at radius 1 is 0.812 bits per heavy atom. The summed E-state index contributed by atoms with van der Waals surface area (Å²) in [6.07, 6.45) is 1.53. The Kier molecular flexibility index (Phi) is 1.84. The molecule has 0 bridgehead atoms. The van der Waals surface area contributed by atoms with Gasteiger partial charge in [0.25, 0.3) is 0 Å². The molecule has 1 aliphatic rings. The molecule has 0 amide bonds. The fourth-order valence-electron chi connectivity index (χ4n) is 2.00. The SMILES string of the molecule is Fc1cc2c(c(F)c1F)[CH]c1ccccc1-2. The summed E-state index contributed by atoms with van der Waals surface area (Å²) in [6.45, 7) is 0. The van der Waals surface area contributed by atoms with Crippen LogP contribution in [0, 0.1) is 23.9 Å². The van der Waals surface area contributed by atoms with Crippen LogP contribution < -0.4 is 0 Å². The minimum absolute atomic E-state index is 0.125. The van der Waals surface area contributed by atoms with E-state index < -0.39 is 17.5 Å². The van der Waals surface area contributed by atoms with E-state index in [0.29, 0.717) is 5.56 Å². The third kappa shape index (κ3) is 1.11. The van der Waals surface area contributed by atoms with Crippen LogP contribution in [0.2, 0.25) is 0 Å². The van der Waals surface area contributed by atoms with Crippen molar-refractivity contribution in [3.63, 3.8) is 0 Å². The molecule has 0 unspecified atom stereocenters. The molecule has 2 aromatic carbocycles. The molecule has 0 saturated carbocycles. The van der Waals surface area contributed by atoms with Crippen LogP contribution >= 0.6 is 0 Å². The highest BCUT2D eigenvalue weighted by Crippen LogP contribution is 2.40. The molecule has 0 spiro atoms. The van der Waals surface area contributed by atoms with Gasteiger partial charge in [-0.05, 0) is 22.8 Å². The fourth-order valence-corrected chi connectivity index (χ4v) is 2.00.